The van der Waals surface area contributed by atoms with Crippen molar-refractivity contribution >= 4 is 11.6 Å². The van der Waals surface area contributed by atoms with Crippen LogP contribution in [0, 0.1) is 11.8 Å². The van der Waals surface area contributed by atoms with Crippen molar-refractivity contribution in [3.8, 4) is 0 Å². The standard InChI is InChI=1S/C15H24ClN/c1-3-12(4-2)8-14(11-17)9-13-6-5-7-15(16)10-13/h5-7,10,12,14H,3-4,8-9,11,17H2,1-2H3. The van der Waals surface area contributed by atoms with Crippen LogP contribution in [-0.2, 0) is 6.42 Å². The van der Waals surface area contributed by atoms with Crippen LogP contribution in [0.25, 0.3) is 0 Å². The molecule has 1 atom stereocenters. The highest BCUT2D eigenvalue weighted by molar-refractivity contribution is 6.30. The van der Waals surface area contributed by atoms with Crippen LogP contribution in [0.15, 0.2) is 24.3 Å². The molecule has 0 aromatic heterocycles. The third-order valence-electron chi connectivity index (χ3n) is 3.57. The molecule has 0 fully saturated rings. The molecule has 0 aliphatic rings. The van der Waals surface area contributed by atoms with Crippen molar-refractivity contribution in [1.82, 2.24) is 0 Å². The van der Waals surface area contributed by atoms with E-state index in [1.54, 1.807) is 0 Å². The first-order chi connectivity index (χ1) is 8.19. The summed E-state index contributed by atoms with van der Waals surface area (Å²) in [4.78, 5) is 0. The minimum absolute atomic E-state index is 0.582. The SMILES string of the molecule is CCC(CC)CC(CN)Cc1cccc(Cl)c1. The van der Waals surface area contributed by atoms with Crippen molar-refractivity contribution in [2.45, 2.75) is 39.5 Å². The molecule has 0 amide bonds. The van der Waals surface area contributed by atoms with Crippen molar-refractivity contribution in [2.24, 2.45) is 17.6 Å². The molecule has 1 nitrogen and oxygen atoms in total. The molecule has 1 aromatic rings. The molecule has 0 aliphatic heterocycles. The Hall–Kier alpha value is -0.530. The second-order valence-electron chi connectivity index (χ2n) is 4.85. The van der Waals surface area contributed by atoms with Gasteiger partial charge in [-0.15, -0.1) is 0 Å². The fourth-order valence-electron chi connectivity index (χ4n) is 2.35. The Balaban J connectivity index is 2.57. The topological polar surface area (TPSA) is 26.0 Å². The number of rotatable bonds is 7. The number of hydrogen-bond acceptors (Lipinski definition) is 1. The van der Waals surface area contributed by atoms with E-state index < -0.39 is 0 Å². The third kappa shape index (κ3) is 5.10. The third-order valence-corrected chi connectivity index (χ3v) is 3.80. The maximum atomic E-state index is 6.00. The maximum Gasteiger partial charge on any atom is 0.0408 e. The first kappa shape index (κ1) is 14.5. The van der Waals surface area contributed by atoms with Gasteiger partial charge < -0.3 is 5.73 Å². The molecular formula is C15H24ClN. The van der Waals surface area contributed by atoms with Crippen LogP contribution >= 0.6 is 11.6 Å². The number of benzene rings is 1. The van der Waals surface area contributed by atoms with E-state index >= 15 is 0 Å². The van der Waals surface area contributed by atoms with Gasteiger partial charge in [-0.25, -0.2) is 0 Å². The predicted octanol–water partition coefficient (Wildman–Crippen LogP) is 4.28. The monoisotopic (exact) mass is 253 g/mol. The molecule has 1 aromatic carbocycles. The highest BCUT2D eigenvalue weighted by atomic mass is 35.5. The van der Waals surface area contributed by atoms with E-state index in [-0.39, 0.29) is 0 Å². The maximum absolute atomic E-state index is 6.00. The molecule has 0 saturated heterocycles. The molecule has 2 heteroatoms. The molecular weight excluding hydrogens is 230 g/mol. The Kier molecular flexibility index (Phi) is 6.61. The van der Waals surface area contributed by atoms with Gasteiger partial charge in [0, 0.05) is 5.02 Å². The molecule has 96 valence electrons. The average molecular weight is 254 g/mol. The summed E-state index contributed by atoms with van der Waals surface area (Å²) in [6.07, 6.45) is 4.79. The van der Waals surface area contributed by atoms with Crippen molar-refractivity contribution < 1.29 is 0 Å². The van der Waals surface area contributed by atoms with Gasteiger partial charge in [-0.05, 0) is 48.9 Å². The summed E-state index contributed by atoms with van der Waals surface area (Å²) in [6, 6.07) is 8.13. The Bertz CT molecular complexity index is 320. The lowest BCUT2D eigenvalue weighted by molar-refractivity contribution is 0.356. The van der Waals surface area contributed by atoms with Gasteiger partial charge in [0.2, 0.25) is 0 Å². The largest absolute Gasteiger partial charge is 0.330 e. The molecule has 17 heavy (non-hydrogen) atoms. The Labute approximate surface area is 110 Å². The van der Waals surface area contributed by atoms with Gasteiger partial charge in [0.05, 0.1) is 0 Å². The molecule has 0 radical (unpaired) electrons. The number of nitrogens with two attached hydrogens (primary N) is 1. The first-order valence-electron chi connectivity index (χ1n) is 6.64. The average Bonchev–Trinajstić information content (AvgIpc) is 2.34. The lowest BCUT2D eigenvalue weighted by atomic mass is 9.87. The highest BCUT2D eigenvalue weighted by Gasteiger charge is 2.13. The van der Waals surface area contributed by atoms with E-state index in [0.29, 0.717) is 5.92 Å². The summed E-state index contributed by atoms with van der Waals surface area (Å²) in [6.45, 7) is 5.30. The minimum atomic E-state index is 0.582. The van der Waals surface area contributed by atoms with Crippen LogP contribution in [0.3, 0.4) is 0 Å². The molecule has 0 saturated carbocycles. The second-order valence-corrected chi connectivity index (χ2v) is 5.29. The van der Waals surface area contributed by atoms with Gasteiger partial charge in [-0.3, -0.25) is 0 Å². The van der Waals surface area contributed by atoms with E-state index in [9.17, 15) is 0 Å². The molecule has 0 aliphatic carbocycles. The molecule has 0 spiro atoms. The Morgan fingerprint density at radius 2 is 1.88 bits per heavy atom. The quantitative estimate of drug-likeness (QED) is 0.771. The second kappa shape index (κ2) is 7.73. The highest BCUT2D eigenvalue weighted by Crippen LogP contribution is 2.22. The Morgan fingerprint density at radius 1 is 1.18 bits per heavy atom. The van der Waals surface area contributed by atoms with Gasteiger partial charge in [-0.2, -0.15) is 0 Å². The van der Waals surface area contributed by atoms with Gasteiger partial charge in [0.15, 0.2) is 0 Å². The van der Waals surface area contributed by atoms with Crippen LogP contribution in [0.1, 0.15) is 38.7 Å². The van der Waals surface area contributed by atoms with E-state index in [1.165, 1.54) is 24.8 Å². The minimum Gasteiger partial charge on any atom is -0.330 e. The van der Waals surface area contributed by atoms with Crippen LogP contribution in [0.2, 0.25) is 5.02 Å². The van der Waals surface area contributed by atoms with Crippen LogP contribution in [0.5, 0.6) is 0 Å². The fourth-order valence-corrected chi connectivity index (χ4v) is 2.57. The van der Waals surface area contributed by atoms with Crippen LogP contribution in [0.4, 0.5) is 0 Å². The van der Waals surface area contributed by atoms with E-state index in [0.717, 1.165) is 23.9 Å². The summed E-state index contributed by atoms with van der Waals surface area (Å²) in [7, 11) is 0. The van der Waals surface area contributed by atoms with Gasteiger partial charge in [0.1, 0.15) is 0 Å². The first-order valence-corrected chi connectivity index (χ1v) is 7.01. The normalized spacial score (nSPS) is 13.0. The molecule has 2 N–H and O–H groups in total. The smallest absolute Gasteiger partial charge is 0.0408 e. The van der Waals surface area contributed by atoms with Crippen LogP contribution < -0.4 is 5.73 Å². The zero-order valence-corrected chi connectivity index (χ0v) is 11.7. The predicted molar refractivity (Wildman–Crippen MR) is 76.4 cm³/mol. The molecule has 0 heterocycles. The number of hydrogen-bond donors (Lipinski definition) is 1. The van der Waals surface area contributed by atoms with E-state index in [2.05, 4.69) is 26.0 Å². The zero-order valence-electron chi connectivity index (χ0n) is 11.0. The van der Waals surface area contributed by atoms with Gasteiger partial charge in [-0.1, -0.05) is 50.4 Å². The van der Waals surface area contributed by atoms with Crippen LogP contribution in [-0.4, -0.2) is 6.54 Å². The lowest BCUT2D eigenvalue weighted by Crippen LogP contribution is -2.20. The Morgan fingerprint density at radius 3 is 2.41 bits per heavy atom. The fraction of sp³-hybridized carbons (Fsp3) is 0.600. The van der Waals surface area contributed by atoms with Crippen molar-refractivity contribution in [1.29, 1.82) is 0 Å². The van der Waals surface area contributed by atoms with Gasteiger partial charge >= 0.3 is 0 Å². The van der Waals surface area contributed by atoms with E-state index in [1.807, 2.05) is 12.1 Å². The van der Waals surface area contributed by atoms with Crippen molar-refractivity contribution in [3.05, 3.63) is 34.9 Å². The molecule has 0 bridgehead atoms. The molecule has 1 unspecified atom stereocenters. The summed E-state index contributed by atoms with van der Waals surface area (Å²) in [5.74, 6) is 1.39. The van der Waals surface area contributed by atoms with Crippen molar-refractivity contribution in [3.63, 3.8) is 0 Å². The molecule has 1 rings (SSSR count). The summed E-state index contributed by atoms with van der Waals surface area (Å²) in [5.41, 5.74) is 7.19. The van der Waals surface area contributed by atoms with E-state index in [4.69, 9.17) is 17.3 Å². The summed E-state index contributed by atoms with van der Waals surface area (Å²) >= 11 is 6.00. The number of halogens is 1. The van der Waals surface area contributed by atoms with Gasteiger partial charge in [0.25, 0.3) is 0 Å². The zero-order chi connectivity index (χ0) is 12.7. The lowest BCUT2D eigenvalue weighted by Gasteiger charge is -2.20. The summed E-state index contributed by atoms with van der Waals surface area (Å²) in [5, 5.41) is 0.820. The summed E-state index contributed by atoms with van der Waals surface area (Å²) < 4.78 is 0. The van der Waals surface area contributed by atoms with Crippen molar-refractivity contribution in [2.75, 3.05) is 6.54 Å².